The summed E-state index contributed by atoms with van der Waals surface area (Å²) >= 11 is 0. The van der Waals surface area contributed by atoms with Gasteiger partial charge >= 0.3 is 0 Å². The Balaban J connectivity index is 2.29. The normalized spacial score (nSPS) is 19.3. The summed E-state index contributed by atoms with van der Waals surface area (Å²) < 4.78 is 0. The highest BCUT2D eigenvalue weighted by molar-refractivity contribution is 5.45. The van der Waals surface area contributed by atoms with E-state index in [-0.39, 0.29) is 18.6 Å². The van der Waals surface area contributed by atoms with Crippen LogP contribution in [-0.4, -0.2) is 34.4 Å². The van der Waals surface area contributed by atoms with Gasteiger partial charge in [0.15, 0.2) is 0 Å². The predicted molar refractivity (Wildman–Crippen MR) is 85.5 cm³/mol. The van der Waals surface area contributed by atoms with E-state index >= 15 is 0 Å². The number of anilines is 1. The van der Waals surface area contributed by atoms with Crippen molar-refractivity contribution in [2.75, 3.05) is 18.1 Å². The van der Waals surface area contributed by atoms with Gasteiger partial charge in [-0.15, -0.1) is 0 Å². The first-order valence-electron chi connectivity index (χ1n) is 7.95. The number of hydrogen-bond donors (Lipinski definition) is 2. The van der Waals surface area contributed by atoms with E-state index in [2.05, 4.69) is 25.7 Å². The van der Waals surface area contributed by atoms with Crippen molar-refractivity contribution in [3.05, 3.63) is 23.4 Å². The number of aliphatic hydroxyl groups is 2. The molecule has 2 N–H and O–H groups in total. The van der Waals surface area contributed by atoms with Crippen LogP contribution < -0.4 is 4.90 Å². The Morgan fingerprint density at radius 2 is 2.05 bits per heavy atom. The summed E-state index contributed by atoms with van der Waals surface area (Å²) in [6.07, 6.45) is 4.18. The molecule has 0 radical (unpaired) electrons. The van der Waals surface area contributed by atoms with Crippen LogP contribution in [0.5, 0.6) is 0 Å². The molecule has 1 saturated heterocycles. The van der Waals surface area contributed by atoms with E-state index in [9.17, 15) is 5.11 Å². The number of pyridine rings is 1. The first-order chi connectivity index (χ1) is 9.95. The maximum absolute atomic E-state index is 9.52. The highest BCUT2D eigenvalue weighted by atomic mass is 16.3. The van der Waals surface area contributed by atoms with Crippen LogP contribution in [0.3, 0.4) is 0 Å². The van der Waals surface area contributed by atoms with Crippen molar-refractivity contribution in [2.45, 2.75) is 64.5 Å². The maximum Gasteiger partial charge on any atom is 0.129 e. The molecule has 118 valence electrons. The highest BCUT2D eigenvalue weighted by Crippen LogP contribution is 2.30. The number of aliphatic hydroxyl groups excluding tert-OH is 2. The van der Waals surface area contributed by atoms with Crippen LogP contribution in [0.15, 0.2) is 12.1 Å². The van der Waals surface area contributed by atoms with Crippen molar-refractivity contribution in [3.8, 4) is 0 Å². The van der Waals surface area contributed by atoms with Crippen molar-refractivity contribution in [3.63, 3.8) is 0 Å². The third-order valence-electron chi connectivity index (χ3n) is 4.19. The zero-order valence-corrected chi connectivity index (χ0v) is 13.5. The van der Waals surface area contributed by atoms with Crippen molar-refractivity contribution in [1.82, 2.24) is 4.98 Å². The van der Waals surface area contributed by atoms with Gasteiger partial charge in [0.05, 0.1) is 6.61 Å². The lowest BCUT2D eigenvalue weighted by atomic mass is 9.90. The first-order valence-corrected chi connectivity index (χ1v) is 7.95. The third kappa shape index (κ3) is 3.95. The minimum Gasteiger partial charge on any atom is -0.396 e. The van der Waals surface area contributed by atoms with Gasteiger partial charge in [-0.25, -0.2) is 4.98 Å². The Labute approximate surface area is 127 Å². The minimum absolute atomic E-state index is 0.0275. The average molecular weight is 292 g/mol. The predicted octanol–water partition coefficient (Wildman–Crippen LogP) is 2.61. The molecule has 0 aromatic carbocycles. The van der Waals surface area contributed by atoms with Crippen molar-refractivity contribution in [2.24, 2.45) is 0 Å². The fourth-order valence-corrected chi connectivity index (χ4v) is 2.96. The fourth-order valence-electron chi connectivity index (χ4n) is 2.96. The first kappa shape index (κ1) is 16.2. The summed E-state index contributed by atoms with van der Waals surface area (Å²) in [5.41, 5.74) is 1.93. The Hall–Kier alpha value is -1.13. The average Bonchev–Trinajstić information content (AvgIpc) is 2.92. The Morgan fingerprint density at radius 1 is 1.29 bits per heavy atom. The summed E-state index contributed by atoms with van der Waals surface area (Å²) in [5, 5.41) is 18.6. The zero-order chi connectivity index (χ0) is 15.5. The van der Waals surface area contributed by atoms with Crippen molar-refractivity contribution < 1.29 is 10.2 Å². The smallest absolute Gasteiger partial charge is 0.129 e. The Bertz CT molecular complexity index is 468. The van der Waals surface area contributed by atoms with Gasteiger partial charge in [-0.1, -0.05) is 20.8 Å². The van der Waals surface area contributed by atoms with Gasteiger partial charge in [-0.3, -0.25) is 0 Å². The van der Waals surface area contributed by atoms with Crippen LogP contribution in [0.4, 0.5) is 5.82 Å². The summed E-state index contributed by atoms with van der Waals surface area (Å²) in [5.74, 6) is 0.979. The lowest BCUT2D eigenvalue weighted by Gasteiger charge is -2.28. The topological polar surface area (TPSA) is 56.6 Å². The summed E-state index contributed by atoms with van der Waals surface area (Å²) in [7, 11) is 0. The van der Waals surface area contributed by atoms with Gasteiger partial charge in [-0.05, 0) is 43.4 Å². The molecule has 0 saturated carbocycles. The van der Waals surface area contributed by atoms with E-state index in [4.69, 9.17) is 10.1 Å². The number of nitrogens with zero attached hydrogens (tertiary/aromatic N) is 2. The Morgan fingerprint density at radius 3 is 2.67 bits per heavy atom. The molecule has 1 aliphatic heterocycles. The largest absolute Gasteiger partial charge is 0.396 e. The van der Waals surface area contributed by atoms with Crippen LogP contribution >= 0.6 is 0 Å². The fraction of sp³-hybridized carbons (Fsp3) is 0.706. The van der Waals surface area contributed by atoms with Gasteiger partial charge in [0.2, 0.25) is 0 Å². The van der Waals surface area contributed by atoms with Crippen LogP contribution in [-0.2, 0) is 12.0 Å². The minimum atomic E-state index is -0.0275. The molecule has 1 unspecified atom stereocenters. The van der Waals surface area contributed by atoms with E-state index in [1.54, 1.807) is 0 Å². The molecular formula is C17H28N2O2. The molecule has 0 amide bonds. The SMILES string of the molecule is CC(C)(C)c1cc(CO)cc(N2CCCC2CCCO)n1. The second-order valence-electron chi connectivity index (χ2n) is 6.98. The molecule has 21 heavy (non-hydrogen) atoms. The van der Waals surface area contributed by atoms with Gasteiger partial charge in [0.1, 0.15) is 5.82 Å². The second-order valence-corrected chi connectivity index (χ2v) is 6.98. The van der Waals surface area contributed by atoms with Crippen LogP contribution in [0.1, 0.15) is 57.7 Å². The molecule has 1 aromatic rings. The summed E-state index contributed by atoms with van der Waals surface area (Å²) in [6, 6.07) is 4.47. The molecule has 4 heteroatoms. The van der Waals surface area contributed by atoms with E-state index < -0.39 is 0 Å². The van der Waals surface area contributed by atoms with Crippen molar-refractivity contribution >= 4 is 5.82 Å². The molecular weight excluding hydrogens is 264 g/mol. The van der Waals surface area contributed by atoms with Gasteiger partial charge in [0, 0.05) is 30.3 Å². The lowest BCUT2D eigenvalue weighted by molar-refractivity contribution is 0.279. The zero-order valence-electron chi connectivity index (χ0n) is 13.5. The van der Waals surface area contributed by atoms with Crippen LogP contribution in [0.2, 0.25) is 0 Å². The molecule has 2 rings (SSSR count). The van der Waals surface area contributed by atoms with E-state index in [1.807, 2.05) is 12.1 Å². The molecule has 4 nitrogen and oxygen atoms in total. The van der Waals surface area contributed by atoms with E-state index in [0.29, 0.717) is 6.04 Å². The molecule has 1 atom stereocenters. The number of aromatic nitrogens is 1. The maximum atomic E-state index is 9.52. The number of hydrogen-bond acceptors (Lipinski definition) is 4. The molecule has 2 heterocycles. The summed E-state index contributed by atoms with van der Waals surface area (Å²) in [4.78, 5) is 7.20. The van der Waals surface area contributed by atoms with Gasteiger partial charge in [0.25, 0.3) is 0 Å². The monoisotopic (exact) mass is 292 g/mol. The Kier molecular flexibility index (Phi) is 5.22. The summed E-state index contributed by atoms with van der Waals surface area (Å²) in [6.45, 7) is 7.76. The molecule has 0 bridgehead atoms. The second kappa shape index (κ2) is 6.75. The van der Waals surface area contributed by atoms with Gasteiger partial charge < -0.3 is 15.1 Å². The quantitative estimate of drug-likeness (QED) is 0.876. The standard InChI is InChI=1S/C17H28N2O2/c1-17(2,3)15-10-13(12-21)11-16(18-15)19-8-4-6-14(19)7-5-9-20/h10-11,14,20-21H,4-9,12H2,1-3H3. The number of rotatable bonds is 5. The molecule has 1 aliphatic rings. The molecule has 0 spiro atoms. The highest BCUT2D eigenvalue weighted by Gasteiger charge is 2.27. The van der Waals surface area contributed by atoms with Gasteiger partial charge in [-0.2, -0.15) is 0 Å². The van der Waals surface area contributed by atoms with Crippen LogP contribution in [0, 0.1) is 0 Å². The van der Waals surface area contributed by atoms with E-state index in [0.717, 1.165) is 42.9 Å². The van der Waals surface area contributed by atoms with Crippen molar-refractivity contribution in [1.29, 1.82) is 0 Å². The lowest BCUT2D eigenvalue weighted by Crippen LogP contribution is -2.31. The molecule has 1 aromatic heterocycles. The van der Waals surface area contributed by atoms with E-state index in [1.165, 1.54) is 6.42 Å². The van der Waals surface area contributed by atoms with Crippen LogP contribution in [0.25, 0.3) is 0 Å². The molecule has 1 fully saturated rings. The third-order valence-corrected chi connectivity index (χ3v) is 4.19. The molecule has 0 aliphatic carbocycles.